The van der Waals surface area contributed by atoms with Crippen molar-refractivity contribution in [3.63, 3.8) is 0 Å². The molecule has 2 aliphatic heterocycles. The van der Waals surface area contributed by atoms with Gasteiger partial charge < -0.3 is 8.96 Å². The Hall–Kier alpha value is -4.70. The highest BCUT2D eigenvalue weighted by molar-refractivity contribution is 6.43. The fraction of sp³-hybridized carbons (Fsp3) is 0. The van der Waals surface area contributed by atoms with E-state index >= 15 is 0 Å². The van der Waals surface area contributed by atoms with Gasteiger partial charge in [-0.25, -0.2) is 0 Å². The Kier molecular flexibility index (Phi) is 4.88. The third-order valence-electron chi connectivity index (χ3n) is 6.77. The van der Waals surface area contributed by atoms with Crippen LogP contribution in [0.15, 0.2) is 138 Å². The van der Waals surface area contributed by atoms with Gasteiger partial charge in [0, 0.05) is 16.8 Å². The molecule has 5 aromatic rings. The summed E-state index contributed by atoms with van der Waals surface area (Å²) in [7, 11) is 2.20. The summed E-state index contributed by atoms with van der Waals surface area (Å²) in [6, 6.07) is 44.4. The first-order valence-corrected chi connectivity index (χ1v) is 12.2. The van der Waals surface area contributed by atoms with Crippen LogP contribution in [0.3, 0.4) is 0 Å². The molecule has 0 bridgehead atoms. The van der Waals surface area contributed by atoms with Crippen molar-refractivity contribution in [1.29, 1.82) is 0 Å². The lowest BCUT2D eigenvalue weighted by molar-refractivity contribution is -0.236. The summed E-state index contributed by atoms with van der Waals surface area (Å²) in [6.07, 6.45) is 2.26. The topological polar surface area (TPSA) is 20.3 Å². The normalized spacial score (nSPS) is 14.2. The van der Waals surface area contributed by atoms with Gasteiger partial charge in [-0.2, -0.15) is 0 Å². The minimum absolute atomic E-state index is 0.947. The molecule has 168 valence electrons. The molecule has 0 saturated carbocycles. The molecule has 0 unspecified atom stereocenters. The fourth-order valence-electron chi connectivity index (χ4n) is 5.03. The minimum atomic E-state index is 0.947. The van der Waals surface area contributed by atoms with Gasteiger partial charge >= 0.3 is 0 Å². The van der Waals surface area contributed by atoms with Gasteiger partial charge in [-0.15, -0.1) is 0 Å². The van der Waals surface area contributed by atoms with Crippen molar-refractivity contribution in [2.45, 2.75) is 0 Å². The molecule has 4 heteroatoms. The van der Waals surface area contributed by atoms with Crippen molar-refractivity contribution >= 4 is 30.5 Å². The lowest BCUT2D eigenvalue weighted by Crippen LogP contribution is -2.34. The van der Waals surface area contributed by atoms with E-state index in [2.05, 4.69) is 150 Å². The molecule has 3 nitrogen and oxygen atoms in total. The van der Waals surface area contributed by atoms with E-state index in [-0.39, 0.29) is 0 Å². The Balaban J connectivity index is 1.49. The van der Waals surface area contributed by atoms with Crippen LogP contribution in [0, 0.1) is 0 Å². The predicted molar refractivity (Wildman–Crippen MR) is 149 cm³/mol. The monoisotopic (exact) mass is 459 g/mol. The van der Waals surface area contributed by atoms with Gasteiger partial charge in [0.25, 0.3) is 5.84 Å². The Morgan fingerprint density at radius 3 is 1.72 bits per heavy atom. The molecule has 0 N–H and O–H groups in total. The maximum Gasteiger partial charge on any atom is 0.285 e. The summed E-state index contributed by atoms with van der Waals surface area (Å²) in [5.74, 6) is 1.89. The molecule has 2 radical (unpaired) electrons. The van der Waals surface area contributed by atoms with Crippen molar-refractivity contribution in [2.24, 2.45) is 4.99 Å². The average molecular weight is 459 g/mol. The van der Waals surface area contributed by atoms with Crippen LogP contribution in [-0.4, -0.2) is 28.1 Å². The number of aliphatic imine (C=N–C) groups is 1. The highest BCUT2D eigenvalue weighted by Gasteiger charge is 2.32. The largest absolute Gasteiger partial charge is 0.492 e. The number of hydrogen-bond donors (Lipinski definition) is 0. The van der Waals surface area contributed by atoms with Crippen molar-refractivity contribution in [3.05, 3.63) is 145 Å². The predicted octanol–water partition coefficient (Wildman–Crippen LogP) is 6.85. The van der Waals surface area contributed by atoms with Crippen LogP contribution in [-0.2, 0) is 0 Å². The number of aromatic nitrogens is 1. The van der Waals surface area contributed by atoms with E-state index in [1.807, 2.05) is 0 Å². The van der Waals surface area contributed by atoms with Gasteiger partial charge in [0.2, 0.25) is 5.82 Å². The second kappa shape index (κ2) is 8.51. The summed E-state index contributed by atoms with van der Waals surface area (Å²) in [5, 5.41) is 0. The molecule has 0 atom stereocenters. The van der Waals surface area contributed by atoms with E-state index in [1.54, 1.807) is 0 Å². The first-order valence-electron chi connectivity index (χ1n) is 12.2. The van der Waals surface area contributed by atoms with Crippen molar-refractivity contribution in [1.82, 2.24) is 4.48 Å². The van der Waals surface area contributed by atoms with Crippen LogP contribution >= 0.6 is 0 Å². The van der Waals surface area contributed by atoms with Crippen LogP contribution in [0.4, 0.5) is 5.82 Å². The van der Waals surface area contributed by atoms with Crippen molar-refractivity contribution in [3.8, 4) is 22.4 Å². The SMILES string of the molecule is [B-]1n2c(-c3ccccc3)cc(-c3ccccc3)c2N=C2C(c3ccccc3)=CC(c3ccccc3)=[N+]12. The smallest absolute Gasteiger partial charge is 0.285 e. The van der Waals surface area contributed by atoms with Crippen LogP contribution in [0.25, 0.3) is 28.0 Å². The number of amidine groups is 1. The standard InChI is InChI=1S/C32H22BN3/c1-5-13-23(14-6-1)27-21-29(25-17-9-3-10-18-25)35-31(27)34-32-28(24-15-7-2-8-16-24)22-30(36(32)33-35)26-19-11-4-12-20-26/h1-22H. The quantitative estimate of drug-likeness (QED) is 0.262. The van der Waals surface area contributed by atoms with Crippen LogP contribution in [0.5, 0.6) is 0 Å². The third-order valence-corrected chi connectivity index (χ3v) is 6.77. The maximum absolute atomic E-state index is 5.35. The number of benzene rings is 4. The highest BCUT2D eigenvalue weighted by atomic mass is 15.2. The summed E-state index contributed by atoms with van der Waals surface area (Å²) < 4.78 is 4.46. The summed E-state index contributed by atoms with van der Waals surface area (Å²) >= 11 is 0. The minimum Gasteiger partial charge on any atom is -0.492 e. The van der Waals surface area contributed by atoms with E-state index in [0.29, 0.717) is 0 Å². The van der Waals surface area contributed by atoms with Crippen molar-refractivity contribution in [2.75, 3.05) is 0 Å². The molecule has 0 amide bonds. The number of hydrogen-bond acceptors (Lipinski definition) is 1. The van der Waals surface area contributed by atoms with E-state index in [4.69, 9.17) is 4.99 Å². The molecule has 0 fully saturated rings. The molecule has 0 spiro atoms. The second-order valence-corrected chi connectivity index (χ2v) is 8.97. The van der Waals surface area contributed by atoms with Crippen LogP contribution in [0.1, 0.15) is 11.1 Å². The molecule has 0 saturated heterocycles. The Labute approximate surface area is 211 Å². The highest BCUT2D eigenvalue weighted by Crippen LogP contribution is 2.41. The molecule has 4 aromatic carbocycles. The Morgan fingerprint density at radius 1 is 0.583 bits per heavy atom. The number of allylic oxidation sites excluding steroid dienone is 1. The van der Waals surface area contributed by atoms with Gasteiger partial charge in [-0.3, -0.25) is 0 Å². The molecule has 7 rings (SSSR count). The lowest BCUT2D eigenvalue weighted by Gasteiger charge is -2.28. The van der Waals surface area contributed by atoms with Crippen LogP contribution in [0.2, 0.25) is 0 Å². The van der Waals surface area contributed by atoms with E-state index in [9.17, 15) is 0 Å². The first-order chi connectivity index (χ1) is 17.9. The third kappa shape index (κ3) is 3.38. The fourth-order valence-corrected chi connectivity index (χ4v) is 5.03. The zero-order valence-electron chi connectivity index (χ0n) is 19.6. The summed E-state index contributed by atoms with van der Waals surface area (Å²) in [6.45, 7) is 0. The molecule has 36 heavy (non-hydrogen) atoms. The van der Waals surface area contributed by atoms with Crippen LogP contribution < -0.4 is 0 Å². The average Bonchev–Trinajstić information content (AvgIpc) is 3.52. The number of fused-ring (bicyclic) bond motifs is 2. The lowest BCUT2D eigenvalue weighted by atomic mass is 10.0. The Bertz CT molecular complexity index is 1660. The Morgan fingerprint density at radius 2 is 1.11 bits per heavy atom. The van der Waals surface area contributed by atoms with Gasteiger partial charge in [0.05, 0.1) is 18.8 Å². The molecule has 2 aliphatic rings. The van der Waals surface area contributed by atoms with Gasteiger partial charge in [0.1, 0.15) is 0 Å². The molecular formula is C32H22BN3. The first kappa shape index (κ1) is 20.7. The second-order valence-electron chi connectivity index (χ2n) is 8.97. The number of rotatable bonds is 4. The zero-order valence-corrected chi connectivity index (χ0v) is 19.6. The van der Waals surface area contributed by atoms with Gasteiger partial charge in [-0.05, 0) is 33.8 Å². The van der Waals surface area contributed by atoms with E-state index in [1.165, 1.54) is 0 Å². The molecule has 1 aromatic heterocycles. The zero-order chi connectivity index (χ0) is 23.9. The summed E-state index contributed by atoms with van der Waals surface area (Å²) in [4.78, 5) is 5.35. The van der Waals surface area contributed by atoms with E-state index in [0.717, 1.165) is 56.4 Å². The number of nitrogens with zero attached hydrogens (tertiary/aromatic N) is 3. The van der Waals surface area contributed by atoms with Crippen molar-refractivity contribution < 1.29 is 4.49 Å². The molecule has 3 heterocycles. The van der Waals surface area contributed by atoms with E-state index < -0.39 is 0 Å². The summed E-state index contributed by atoms with van der Waals surface area (Å²) in [5.41, 5.74) is 9.12. The van der Waals surface area contributed by atoms with Gasteiger partial charge in [-0.1, -0.05) is 121 Å². The maximum atomic E-state index is 5.35. The molecular weight excluding hydrogens is 437 g/mol. The van der Waals surface area contributed by atoms with Gasteiger partial charge in [0.15, 0.2) is 0 Å². The molecule has 0 aliphatic carbocycles.